The number of nitrogens with two attached hydrogens (primary N) is 1. The van der Waals surface area contributed by atoms with Crippen molar-refractivity contribution in [3.63, 3.8) is 0 Å². The maximum absolute atomic E-state index is 13.2. The van der Waals surface area contributed by atoms with Crippen molar-refractivity contribution in [2.45, 2.75) is 12.1 Å². The quantitative estimate of drug-likeness (QED) is 0.851. The predicted octanol–water partition coefficient (Wildman–Crippen LogP) is 1.82. The molecule has 2 aromatic rings. The molecule has 0 aliphatic carbocycles. The summed E-state index contributed by atoms with van der Waals surface area (Å²) in [6.45, 7) is 0. The highest BCUT2D eigenvalue weighted by molar-refractivity contribution is 5.84. The molecular weight excluding hydrogens is 277 g/mol. The van der Waals surface area contributed by atoms with Crippen molar-refractivity contribution in [1.29, 1.82) is 0 Å². The zero-order valence-corrected chi connectivity index (χ0v) is 8.83. The third kappa shape index (κ3) is 2.20. The summed E-state index contributed by atoms with van der Waals surface area (Å²) in [6, 6.07) is 0.653. The van der Waals surface area contributed by atoms with Gasteiger partial charge in [0.05, 0.1) is 5.39 Å². The molecule has 102 valence electrons. The van der Waals surface area contributed by atoms with E-state index in [1.165, 1.54) is 0 Å². The molecule has 2 aromatic heterocycles. The highest BCUT2D eigenvalue weighted by atomic mass is 19.4. The zero-order chi connectivity index (χ0) is 14.4. The lowest BCUT2D eigenvalue weighted by Crippen LogP contribution is -2.32. The number of alkyl halides is 5. The van der Waals surface area contributed by atoms with E-state index < -0.39 is 35.3 Å². The molecule has 0 aliphatic rings. The number of amides is 1. The Morgan fingerprint density at radius 1 is 1.26 bits per heavy atom. The van der Waals surface area contributed by atoms with Crippen LogP contribution in [0.5, 0.6) is 0 Å². The van der Waals surface area contributed by atoms with E-state index in [2.05, 4.69) is 20.1 Å². The van der Waals surface area contributed by atoms with Gasteiger partial charge in [0.15, 0.2) is 5.76 Å². The fourth-order valence-electron chi connectivity index (χ4n) is 1.24. The summed E-state index contributed by atoms with van der Waals surface area (Å²) in [5.41, 5.74) is 3.75. The van der Waals surface area contributed by atoms with Gasteiger partial charge in [0.2, 0.25) is 11.5 Å². The summed E-state index contributed by atoms with van der Waals surface area (Å²) >= 11 is 0. The number of carbonyl (C=O) groups is 1. The number of carbonyl (C=O) groups excluding carboxylic acids is 1. The molecule has 0 spiro atoms. The summed E-state index contributed by atoms with van der Waals surface area (Å²) in [5, 5.41) is -0.205. The van der Waals surface area contributed by atoms with E-state index in [-0.39, 0.29) is 5.39 Å². The first-order valence-electron chi connectivity index (χ1n) is 4.64. The first-order valence-corrected chi connectivity index (χ1v) is 4.64. The smallest absolute Gasteiger partial charge is 0.436 e. The van der Waals surface area contributed by atoms with Crippen molar-refractivity contribution >= 4 is 17.0 Å². The highest BCUT2D eigenvalue weighted by Crippen LogP contribution is 2.33. The molecule has 10 heteroatoms. The first-order chi connectivity index (χ1) is 8.62. The summed E-state index contributed by atoms with van der Waals surface area (Å²) in [6.07, 6.45) is -4.18. The van der Waals surface area contributed by atoms with Crippen molar-refractivity contribution < 1.29 is 31.2 Å². The number of rotatable bonds is 2. The summed E-state index contributed by atoms with van der Waals surface area (Å²) < 4.78 is 67.7. The van der Waals surface area contributed by atoms with Crippen molar-refractivity contribution in [3.8, 4) is 0 Å². The fraction of sp³-hybridized carbons (Fsp3) is 0.222. The van der Waals surface area contributed by atoms with Crippen LogP contribution in [-0.4, -0.2) is 15.9 Å². The lowest BCUT2D eigenvalue weighted by molar-refractivity contribution is -0.146. The Balaban J connectivity index is 2.56. The largest absolute Gasteiger partial charge is 0.451 e. The molecule has 0 bridgehead atoms. The molecule has 0 aliphatic heterocycles. The lowest BCUT2D eigenvalue weighted by atomic mass is 10.2. The second-order valence-electron chi connectivity index (χ2n) is 3.50. The molecule has 0 radical (unpaired) electrons. The van der Waals surface area contributed by atoms with Gasteiger partial charge in [-0.05, 0) is 6.07 Å². The molecule has 19 heavy (non-hydrogen) atoms. The average molecular weight is 281 g/mol. The number of halogens is 5. The van der Waals surface area contributed by atoms with Gasteiger partial charge in [0, 0.05) is 6.20 Å². The molecular formula is C9H4F5N3O2. The maximum Gasteiger partial charge on any atom is 0.451 e. The Morgan fingerprint density at radius 2 is 1.89 bits per heavy atom. The molecule has 2 rings (SSSR count). The predicted molar refractivity (Wildman–Crippen MR) is 49.9 cm³/mol. The van der Waals surface area contributed by atoms with Crippen LogP contribution < -0.4 is 5.73 Å². The molecule has 0 saturated heterocycles. The minimum atomic E-state index is -4.84. The molecule has 0 fully saturated rings. The van der Waals surface area contributed by atoms with Gasteiger partial charge in [-0.2, -0.15) is 26.9 Å². The molecule has 5 nitrogen and oxygen atoms in total. The van der Waals surface area contributed by atoms with E-state index >= 15 is 0 Å². The van der Waals surface area contributed by atoms with Gasteiger partial charge in [-0.3, -0.25) is 4.79 Å². The van der Waals surface area contributed by atoms with Gasteiger partial charge in [-0.25, -0.2) is 4.98 Å². The van der Waals surface area contributed by atoms with Gasteiger partial charge in [0.25, 0.3) is 5.91 Å². The molecule has 0 atom stereocenters. The molecule has 0 aromatic carbocycles. The molecule has 0 saturated carbocycles. The Hall–Kier alpha value is -2.26. The molecule has 2 N–H and O–H groups in total. The first kappa shape index (κ1) is 13.2. The van der Waals surface area contributed by atoms with Gasteiger partial charge in [-0.1, -0.05) is 0 Å². The SMILES string of the molecule is NC(=O)C(F)(F)c1cc2cnc(C(F)(F)F)nc2o1. The lowest BCUT2D eigenvalue weighted by Gasteiger charge is -2.07. The maximum atomic E-state index is 13.2. The van der Waals surface area contributed by atoms with Gasteiger partial charge >= 0.3 is 12.1 Å². The Bertz CT molecular complexity index is 649. The van der Waals surface area contributed by atoms with Gasteiger partial charge < -0.3 is 10.2 Å². The normalized spacial score (nSPS) is 12.9. The van der Waals surface area contributed by atoms with Crippen LogP contribution >= 0.6 is 0 Å². The van der Waals surface area contributed by atoms with Crippen LogP contribution in [0.1, 0.15) is 11.6 Å². The standard InChI is InChI=1S/C9H4F5N3O2/c10-8(11,6(15)18)4-1-3-2-16-7(9(12,13)14)17-5(3)19-4/h1-2H,(H2,15,18). The third-order valence-electron chi connectivity index (χ3n) is 2.15. The van der Waals surface area contributed by atoms with E-state index in [9.17, 15) is 26.7 Å². The van der Waals surface area contributed by atoms with Crippen LogP contribution in [0, 0.1) is 0 Å². The Morgan fingerprint density at radius 3 is 2.42 bits per heavy atom. The molecule has 0 unspecified atom stereocenters. The summed E-state index contributed by atoms with van der Waals surface area (Å²) in [7, 11) is 0. The monoisotopic (exact) mass is 281 g/mol. The fourth-order valence-corrected chi connectivity index (χ4v) is 1.24. The minimum Gasteiger partial charge on any atom is -0.436 e. The molecule has 1 amide bonds. The van der Waals surface area contributed by atoms with Crippen LogP contribution in [0.3, 0.4) is 0 Å². The topological polar surface area (TPSA) is 82.0 Å². The van der Waals surface area contributed by atoms with Crippen LogP contribution in [0.2, 0.25) is 0 Å². The van der Waals surface area contributed by atoms with E-state index in [4.69, 9.17) is 0 Å². The average Bonchev–Trinajstić information content (AvgIpc) is 2.70. The van der Waals surface area contributed by atoms with Crippen LogP contribution in [-0.2, 0) is 16.9 Å². The van der Waals surface area contributed by atoms with Crippen LogP contribution in [0.15, 0.2) is 16.7 Å². The summed E-state index contributed by atoms with van der Waals surface area (Å²) in [4.78, 5) is 16.4. The number of aromatic nitrogens is 2. The number of hydrogen-bond donors (Lipinski definition) is 1. The Labute approximate surface area is 101 Å². The van der Waals surface area contributed by atoms with Gasteiger partial charge in [0.1, 0.15) is 0 Å². The number of hydrogen-bond acceptors (Lipinski definition) is 4. The van der Waals surface area contributed by atoms with Gasteiger partial charge in [-0.15, -0.1) is 0 Å². The second-order valence-corrected chi connectivity index (χ2v) is 3.50. The van der Waals surface area contributed by atoms with Crippen LogP contribution in [0.25, 0.3) is 11.1 Å². The van der Waals surface area contributed by atoms with Crippen molar-refractivity contribution in [1.82, 2.24) is 9.97 Å². The number of fused-ring (bicyclic) bond motifs is 1. The second kappa shape index (κ2) is 3.87. The number of primary amides is 1. The van der Waals surface area contributed by atoms with Crippen molar-refractivity contribution in [3.05, 3.63) is 23.8 Å². The van der Waals surface area contributed by atoms with Crippen molar-refractivity contribution in [2.24, 2.45) is 5.73 Å². The molecule has 2 heterocycles. The Kier molecular flexibility index (Phi) is 2.68. The van der Waals surface area contributed by atoms with E-state index in [0.29, 0.717) is 12.3 Å². The van der Waals surface area contributed by atoms with E-state index in [1.54, 1.807) is 0 Å². The minimum absolute atomic E-state index is 0.205. The van der Waals surface area contributed by atoms with E-state index in [0.717, 1.165) is 0 Å². The zero-order valence-electron chi connectivity index (χ0n) is 8.83. The number of nitrogens with zero attached hydrogens (tertiary/aromatic N) is 2. The summed E-state index contributed by atoms with van der Waals surface area (Å²) in [5.74, 6) is -8.86. The number of furan rings is 1. The van der Waals surface area contributed by atoms with Crippen LogP contribution in [0.4, 0.5) is 22.0 Å². The van der Waals surface area contributed by atoms with Crippen molar-refractivity contribution in [2.75, 3.05) is 0 Å². The third-order valence-corrected chi connectivity index (χ3v) is 2.15. The highest BCUT2D eigenvalue weighted by Gasteiger charge is 2.43. The van der Waals surface area contributed by atoms with E-state index in [1.807, 2.05) is 0 Å².